The monoisotopic (exact) mass is 376 g/mol. The van der Waals surface area contributed by atoms with E-state index in [4.69, 9.17) is 4.98 Å². The van der Waals surface area contributed by atoms with Gasteiger partial charge in [0.1, 0.15) is 0 Å². The highest BCUT2D eigenvalue weighted by atomic mass is 32.2. The number of hydrogen-bond acceptors (Lipinski definition) is 6. The van der Waals surface area contributed by atoms with Gasteiger partial charge in [-0.1, -0.05) is 12.1 Å². The number of carbonyl (C=O) groups excluding carboxylic acids is 1. The van der Waals surface area contributed by atoms with Gasteiger partial charge in [0.2, 0.25) is 5.91 Å². The Balaban J connectivity index is 1.46. The maximum absolute atomic E-state index is 11.7. The van der Waals surface area contributed by atoms with E-state index < -0.39 is 0 Å². The van der Waals surface area contributed by atoms with Crippen LogP contribution in [0, 0.1) is 0 Å². The summed E-state index contributed by atoms with van der Waals surface area (Å²) in [4.78, 5) is 19.1. The van der Waals surface area contributed by atoms with Crippen molar-refractivity contribution in [3.63, 3.8) is 0 Å². The molecule has 0 bridgehead atoms. The summed E-state index contributed by atoms with van der Waals surface area (Å²) in [6, 6.07) is 8.31. The summed E-state index contributed by atoms with van der Waals surface area (Å²) in [5.41, 5.74) is 1.07. The highest BCUT2D eigenvalue weighted by Crippen LogP contribution is 2.37. The van der Waals surface area contributed by atoms with Crippen LogP contribution in [0.5, 0.6) is 0 Å². The molecule has 5 nitrogen and oxygen atoms in total. The van der Waals surface area contributed by atoms with Crippen LogP contribution < -0.4 is 10.6 Å². The van der Waals surface area contributed by atoms with Gasteiger partial charge in [0, 0.05) is 32.1 Å². The smallest absolute Gasteiger partial charge is 0.230 e. The number of thiazole rings is 1. The van der Waals surface area contributed by atoms with Gasteiger partial charge in [0.05, 0.1) is 26.4 Å². The second kappa shape index (κ2) is 8.03. The second-order valence-electron chi connectivity index (χ2n) is 6.66. The molecule has 4 rings (SSSR count). The summed E-state index contributed by atoms with van der Waals surface area (Å²) in [6.45, 7) is 5.60. The third-order valence-corrected chi connectivity index (χ3v) is 7.29. The minimum Gasteiger partial charge on any atom is -0.343 e. The molecule has 2 unspecified atom stereocenters. The number of fused-ring (bicyclic) bond motifs is 1. The maximum Gasteiger partial charge on any atom is 0.230 e. The molecule has 1 aromatic heterocycles. The van der Waals surface area contributed by atoms with Gasteiger partial charge in [-0.15, -0.1) is 23.1 Å². The average Bonchev–Trinajstić information content (AvgIpc) is 3.25. The number of benzene rings is 1. The Labute approximate surface area is 156 Å². The zero-order chi connectivity index (χ0) is 17.1. The van der Waals surface area contributed by atoms with Crippen LogP contribution in [0.1, 0.15) is 23.8 Å². The summed E-state index contributed by atoms with van der Waals surface area (Å²) in [5.74, 6) is 1.03. The minimum absolute atomic E-state index is 0.156. The van der Waals surface area contributed by atoms with Crippen LogP contribution in [0.2, 0.25) is 0 Å². The molecule has 134 valence electrons. The lowest BCUT2D eigenvalue weighted by Crippen LogP contribution is -2.43. The van der Waals surface area contributed by atoms with E-state index in [1.54, 1.807) is 23.1 Å². The molecule has 7 heteroatoms. The number of aromatic nitrogens is 1. The minimum atomic E-state index is 0.156. The van der Waals surface area contributed by atoms with Crippen LogP contribution >= 0.6 is 23.1 Å². The van der Waals surface area contributed by atoms with Crippen LogP contribution in [-0.4, -0.2) is 59.6 Å². The Morgan fingerprint density at radius 2 is 2.12 bits per heavy atom. The van der Waals surface area contributed by atoms with E-state index >= 15 is 0 Å². The first-order chi connectivity index (χ1) is 12.3. The fraction of sp³-hybridized carbons (Fsp3) is 0.556. The number of hydrogen-bond donors (Lipinski definition) is 2. The van der Waals surface area contributed by atoms with Gasteiger partial charge < -0.3 is 15.5 Å². The molecule has 2 N–H and O–H groups in total. The zero-order valence-corrected chi connectivity index (χ0v) is 15.9. The van der Waals surface area contributed by atoms with Crippen molar-refractivity contribution in [2.75, 3.05) is 38.5 Å². The van der Waals surface area contributed by atoms with E-state index in [2.05, 4.69) is 33.7 Å². The lowest BCUT2D eigenvalue weighted by molar-refractivity contribution is -0.118. The maximum atomic E-state index is 11.7. The van der Waals surface area contributed by atoms with Gasteiger partial charge in [-0.2, -0.15) is 0 Å². The molecule has 0 aliphatic carbocycles. The van der Waals surface area contributed by atoms with Crippen LogP contribution in [0.4, 0.5) is 0 Å². The van der Waals surface area contributed by atoms with E-state index in [9.17, 15) is 4.79 Å². The van der Waals surface area contributed by atoms with Crippen molar-refractivity contribution in [3.8, 4) is 0 Å². The molecule has 0 saturated carbocycles. The molecular formula is C18H24N4OS2. The van der Waals surface area contributed by atoms with E-state index in [0.29, 0.717) is 11.7 Å². The molecule has 2 aliphatic heterocycles. The summed E-state index contributed by atoms with van der Waals surface area (Å²) < 4.78 is 1.24. The molecular weight excluding hydrogens is 352 g/mol. The van der Waals surface area contributed by atoms with Crippen LogP contribution in [-0.2, 0) is 4.79 Å². The highest BCUT2D eigenvalue weighted by molar-refractivity contribution is 8.01. The topological polar surface area (TPSA) is 57.3 Å². The first kappa shape index (κ1) is 17.3. The quantitative estimate of drug-likeness (QED) is 0.810. The molecule has 0 spiro atoms. The zero-order valence-electron chi connectivity index (χ0n) is 14.2. The molecule has 2 fully saturated rings. The van der Waals surface area contributed by atoms with Crippen molar-refractivity contribution in [2.24, 2.45) is 0 Å². The Hall–Kier alpha value is -1.15. The molecule has 2 atom stereocenters. The van der Waals surface area contributed by atoms with Gasteiger partial charge >= 0.3 is 0 Å². The van der Waals surface area contributed by atoms with E-state index in [-0.39, 0.29) is 11.3 Å². The average molecular weight is 377 g/mol. The van der Waals surface area contributed by atoms with Gasteiger partial charge in [0.25, 0.3) is 0 Å². The molecule has 2 saturated heterocycles. The lowest BCUT2D eigenvalue weighted by atomic mass is 10.0. The molecule has 2 aliphatic rings. The number of carbonyl (C=O) groups is 1. The summed E-state index contributed by atoms with van der Waals surface area (Å²) >= 11 is 3.51. The summed E-state index contributed by atoms with van der Waals surface area (Å²) in [6.07, 6.45) is 2.22. The number of amides is 1. The van der Waals surface area contributed by atoms with E-state index in [1.165, 1.54) is 9.71 Å². The highest BCUT2D eigenvalue weighted by Gasteiger charge is 2.32. The van der Waals surface area contributed by atoms with Crippen LogP contribution in [0.3, 0.4) is 0 Å². The largest absolute Gasteiger partial charge is 0.343 e. The van der Waals surface area contributed by atoms with Gasteiger partial charge in [-0.05, 0) is 31.5 Å². The molecule has 3 heterocycles. The van der Waals surface area contributed by atoms with Crippen LogP contribution in [0.15, 0.2) is 24.3 Å². The number of thioether (sulfide) groups is 1. The van der Waals surface area contributed by atoms with Gasteiger partial charge in [0.15, 0.2) is 0 Å². The Morgan fingerprint density at radius 1 is 1.28 bits per heavy atom. The van der Waals surface area contributed by atoms with Crippen molar-refractivity contribution in [3.05, 3.63) is 29.3 Å². The molecule has 25 heavy (non-hydrogen) atoms. The summed E-state index contributed by atoms with van der Waals surface area (Å²) in [7, 11) is 0. The van der Waals surface area contributed by atoms with Crippen molar-refractivity contribution >= 4 is 39.2 Å². The molecule has 1 amide bonds. The van der Waals surface area contributed by atoms with Crippen molar-refractivity contribution < 1.29 is 4.79 Å². The third kappa shape index (κ3) is 4.16. The fourth-order valence-electron chi connectivity index (χ4n) is 3.55. The molecule has 1 aromatic carbocycles. The van der Waals surface area contributed by atoms with Gasteiger partial charge in [-0.25, -0.2) is 4.98 Å². The number of rotatable bonds is 6. The van der Waals surface area contributed by atoms with Crippen molar-refractivity contribution in [2.45, 2.75) is 24.1 Å². The van der Waals surface area contributed by atoms with E-state index in [0.717, 1.165) is 51.1 Å². The first-order valence-corrected chi connectivity index (χ1v) is 10.9. The fourth-order valence-corrected chi connectivity index (χ4v) is 5.90. The predicted octanol–water partition coefficient (Wildman–Crippen LogP) is 2.25. The lowest BCUT2D eigenvalue weighted by Gasteiger charge is -2.28. The summed E-state index contributed by atoms with van der Waals surface area (Å²) in [5, 5.41) is 7.89. The Morgan fingerprint density at radius 3 is 2.88 bits per heavy atom. The second-order valence-corrected chi connectivity index (χ2v) is 8.85. The van der Waals surface area contributed by atoms with E-state index in [1.807, 2.05) is 6.07 Å². The predicted molar refractivity (Wildman–Crippen MR) is 105 cm³/mol. The number of piperazine rings is 1. The SMILES string of the molecule is O=C1CSC(C(CCCN2CCNCC2)c2nc3ccccc3s2)N1. The normalized spacial score (nSPS) is 23.0. The van der Waals surface area contributed by atoms with Crippen LogP contribution in [0.25, 0.3) is 10.2 Å². The molecule has 2 aromatic rings. The standard InChI is InChI=1S/C18H24N4OS2/c23-16-12-24-17(21-16)13(4-3-9-22-10-7-19-8-11-22)18-20-14-5-1-2-6-15(14)25-18/h1-2,5-6,13,17,19H,3-4,7-12H2,(H,21,23). The first-order valence-electron chi connectivity index (χ1n) is 8.99. The van der Waals surface area contributed by atoms with Gasteiger partial charge in [-0.3, -0.25) is 4.79 Å². The Kier molecular flexibility index (Phi) is 5.55. The molecule has 0 radical (unpaired) electrons. The number of para-hydroxylation sites is 1. The van der Waals surface area contributed by atoms with Crippen molar-refractivity contribution in [1.29, 1.82) is 0 Å². The number of nitrogens with one attached hydrogen (secondary N) is 2. The van der Waals surface area contributed by atoms with Crippen molar-refractivity contribution in [1.82, 2.24) is 20.5 Å². The Bertz CT molecular complexity index is 696. The number of nitrogens with zero attached hydrogens (tertiary/aromatic N) is 2. The third-order valence-electron chi connectivity index (χ3n) is 4.89.